The summed E-state index contributed by atoms with van der Waals surface area (Å²) in [6, 6.07) is 10.7. The van der Waals surface area contributed by atoms with Gasteiger partial charge in [0.2, 0.25) is 0 Å². The third-order valence-electron chi connectivity index (χ3n) is 4.61. The maximum atomic E-state index is 5.62. The highest BCUT2D eigenvalue weighted by Crippen LogP contribution is 2.34. The number of aromatic nitrogens is 2. The minimum Gasteiger partial charge on any atom is -0.355 e. The lowest BCUT2D eigenvalue weighted by Gasteiger charge is -2.28. The quantitative estimate of drug-likeness (QED) is 0.677. The molecule has 0 amide bonds. The molecule has 0 N–H and O–H groups in total. The average molecular weight is 339 g/mol. The number of likely N-dealkylation sites (tertiary alicyclic amines) is 1. The zero-order valence-corrected chi connectivity index (χ0v) is 14.4. The molecule has 24 heavy (non-hydrogen) atoms. The van der Waals surface area contributed by atoms with Crippen molar-refractivity contribution in [3.05, 3.63) is 59.4 Å². The van der Waals surface area contributed by atoms with Gasteiger partial charge in [-0.1, -0.05) is 30.1 Å². The monoisotopic (exact) mass is 339 g/mol. The van der Waals surface area contributed by atoms with Crippen LogP contribution in [0, 0.1) is 0 Å². The molecule has 0 bridgehead atoms. The Bertz CT molecular complexity index is 754. The fraction of sp³-hybridized carbons (Fsp3) is 0.368. The second-order valence-corrected chi connectivity index (χ2v) is 7.24. The van der Waals surface area contributed by atoms with Gasteiger partial charge in [-0.15, -0.1) is 11.3 Å². The molecule has 0 aliphatic carbocycles. The van der Waals surface area contributed by atoms with Crippen molar-refractivity contribution < 1.29 is 4.52 Å². The summed E-state index contributed by atoms with van der Waals surface area (Å²) in [5.74, 6) is 0.880. The van der Waals surface area contributed by atoms with Crippen molar-refractivity contribution in [3.63, 3.8) is 0 Å². The fourth-order valence-electron chi connectivity index (χ4n) is 3.40. The van der Waals surface area contributed by atoms with Crippen LogP contribution in [0.15, 0.2) is 52.6 Å². The first-order chi connectivity index (χ1) is 11.9. The van der Waals surface area contributed by atoms with Gasteiger partial charge in [0, 0.05) is 25.0 Å². The van der Waals surface area contributed by atoms with Crippen LogP contribution in [-0.2, 0) is 6.54 Å². The van der Waals surface area contributed by atoms with E-state index in [0.717, 1.165) is 35.8 Å². The van der Waals surface area contributed by atoms with Crippen molar-refractivity contribution in [2.45, 2.75) is 38.3 Å². The molecule has 1 atom stereocenters. The van der Waals surface area contributed by atoms with Gasteiger partial charge in [0.05, 0.1) is 10.9 Å². The van der Waals surface area contributed by atoms with Crippen molar-refractivity contribution in [1.82, 2.24) is 15.0 Å². The Balaban J connectivity index is 1.58. The lowest BCUT2D eigenvalue weighted by atomic mass is 10.1. The lowest BCUT2D eigenvalue weighted by Crippen LogP contribution is -2.28. The number of hydrogen-bond acceptors (Lipinski definition) is 5. The molecule has 1 saturated heterocycles. The molecule has 3 aromatic heterocycles. The standard InChI is InChI=1S/C19H21N3OS/c1-2-7-17(16-12-18(23-21-16)19-8-5-11-24-19)22(10-3-1)14-15-6-4-9-20-13-15/h4-6,8-9,11-13,17H,1-3,7,10,14H2. The summed E-state index contributed by atoms with van der Waals surface area (Å²) in [7, 11) is 0. The van der Waals surface area contributed by atoms with E-state index in [4.69, 9.17) is 4.52 Å². The first-order valence-corrected chi connectivity index (χ1v) is 9.41. The highest BCUT2D eigenvalue weighted by atomic mass is 32.1. The lowest BCUT2D eigenvalue weighted by molar-refractivity contribution is 0.184. The molecule has 1 aliphatic rings. The Hall–Kier alpha value is -1.98. The van der Waals surface area contributed by atoms with Crippen LogP contribution in [0.2, 0.25) is 0 Å². The van der Waals surface area contributed by atoms with E-state index >= 15 is 0 Å². The third kappa shape index (κ3) is 3.42. The molecular weight excluding hydrogens is 318 g/mol. The van der Waals surface area contributed by atoms with Crippen LogP contribution >= 0.6 is 11.3 Å². The van der Waals surface area contributed by atoms with E-state index in [1.54, 1.807) is 11.3 Å². The number of pyridine rings is 1. The van der Waals surface area contributed by atoms with Gasteiger partial charge >= 0.3 is 0 Å². The van der Waals surface area contributed by atoms with Crippen molar-refractivity contribution in [2.75, 3.05) is 6.54 Å². The molecule has 3 aromatic rings. The Kier molecular flexibility index (Phi) is 4.71. The Labute approximate surface area is 146 Å². The molecule has 4 rings (SSSR count). The Morgan fingerprint density at radius 3 is 3.04 bits per heavy atom. The predicted molar refractivity (Wildman–Crippen MR) is 95.7 cm³/mol. The van der Waals surface area contributed by atoms with Crippen molar-refractivity contribution >= 4 is 11.3 Å². The van der Waals surface area contributed by atoms with Crippen LogP contribution in [0.3, 0.4) is 0 Å². The Morgan fingerprint density at radius 1 is 1.21 bits per heavy atom. The van der Waals surface area contributed by atoms with Crippen molar-refractivity contribution in [3.8, 4) is 10.6 Å². The number of nitrogens with zero attached hydrogens (tertiary/aromatic N) is 3. The molecule has 5 heteroatoms. The maximum Gasteiger partial charge on any atom is 0.177 e. The first kappa shape index (κ1) is 15.5. The van der Waals surface area contributed by atoms with Crippen LogP contribution in [0.1, 0.15) is 43.0 Å². The van der Waals surface area contributed by atoms with E-state index in [1.165, 1.54) is 24.8 Å². The molecule has 1 aliphatic heterocycles. The van der Waals surface area contributed by atoms with E-state index < -0.39 is 0 Å². The van der Waals surface area contributed by atoms with E-state index in [2.05, 4.69) is 38.6 Å². The topological polar surface area (TPSA) is 42.2 Å². The van der Waals surface area contributed by atoms with Crippen LogP contribution in [-0.4, -0.2) is 21.6 Å². The van der Waals surface area contributed by atoms with Crippen LogP contribution in [0.5, 0.6) is 0 Å². The SMILES string of the molecule is c1cncc(CN2CCCCCC2c2cc(-c3cccs3)on2)c1. The van der Waals surface area contributed by atoms with Gasteiger partial charge in [0.1, 0.15) is 5.69 Å². The highest BCUT2D eigenvalue weighted by molar-refractivity contribution is 7.13. The number of thiophene rings is 1. The third-order valence-corrected chi connectivity index (χ3v) is 5.49. The minimum atomic E-state index is 0.324. The normalized spacial score (nSPS) is 19.2. The molecular formula is C19H21N3OS. The fourth-order valence-corrected chi connectivity index (χ4v) is 4.07. The smallest absolute Gasteiger partial charge is 0.177 e. The van der Waals surface area contributed by atoms with Gasteiger partial charge in [-0.2, -0.15) is 0 Å². The molecule has 1 fully saturated rings. The van der Waals surface area contributed by atoms with Crippen LogP contribution < -0.4 is 0 Å². The van der Waals surface area contributed by atoms with Crippen molar-refractivity contribution in [2.24, 2.45) is 0 Å². The molecule has 1 unspecified atom stereocenters. The molecule has 0 saturated carbocycles. The number of rotatable bonds is 4. The van der Waals surface area contributed by atoms with E-state index in [0.29, 0.717) is 6.04 Å². The first-order valence-electron chi connectivity index (χ1n) is 8.53. The summed E-state index contributed by atoms with van der Waals surface area (Å²) in [6.45, 7) is 2.01. The molecule has 124 valence electrons. The van der Waals surface area contributed by atoms with Gasteiger partial charge in [-0.25, -0.2) is 0 Å². The van der Waals surface area contributed by atoms with Crippen LogP contribution in [0.4, 0.5) is 0 Å². The Morgan fingerprint density at radius 2 is 2.21 bits per heavy atom. The van der Waals surface area contributed by atoms with Gasteiger partial charge in [-0.3, -0.25) is 9.88 Å². The summed E-state index contributed by atoms with van der Waals surface area (Å²) < 4.78 is 5.62. The zero-order chi connectivity index (χ0) is 16.2. The highest BCUT2D eigenvalue weighted by Gasteiger charge is 2.26. The maximum absolute atomic E-state index is 5.62. The van der Waals surface area contributed by atoms with E-state index in [1.807, 2.05) is 24.5 Å². The molecule has 4 nitrogen and oxygen atoms in total. The molecule has 0 spiro atoms. The summed E-state index contributed by atoms with van der Waals surface area (Å²) in [5, 5.41) is 6.47. The second-order valence-electron chi connectivity index (χ2n) is 6.29. The van der Waals surface area contributed by atoms with Gasteiger partial charge < -0.3 is 4.52 Å². The summed E-state index contributed by atoms with van der Waals surface area (Å²) in [6.07, 6.45) is 8.70. The molecule has 0 aromatic carbocycles. The van der Waals surface area contributed by atoms with Gasteiger partial charge in [-0.05, 0) is 42.5 Å². The summed E-state index contributed by atoms with van der Waals surface area (Å²) in [4.78, 5) is 7.92. The zero-order valence-electron chi connectivity index (χ0n) is 13.6. The average Bonchev–Trinajstić information content (AvgIpc) is 3.25. The largest absolute Gasteiger partial charge is 0.355 e. The van der Waals surface area contributed by atoms with Crippen LogP contribution in [0.25, 0.3) is 10.6 Å². The second kappa shape index (κ2) is 7.28. The van der Waals surface area contributed by atoms with Gasteiger partial charge in [0.15, 0.2) is 5.76 Å². The van der Waals surface area contributed by atoms with Crippen molar-refractivity contribution in [1.29, 1.82) is 0 Å². The predicted octanol–water partition coefficient (Wildman–Crippen LogP) is 4.92. The van der Waals surface area contributed by atoms with E-state index in [-0.39, 0.29) is 0 Å². The van der Waals surface area contributed by atoms with Gasteiger partial charge in [0.25, 0.3) is 0 Å². The minimum absolute atomic E-state index is 0.324. The van der Waals surface area contributed by atoms with E-state index in [9.17, 15) is 0 Å². The summed E-state index contributed by atoms with van der Waals surface area (Å²) >= 11 is 1.69. The molecule has 4 heterocycles. The number of hydrogen-bond donors (Lipinski definition) is 0. The molecule has 0 radical (unpaired) electrons. The summed E-state index contributed by atoms with van der Waals surface area (Å²) in [5.41, 5.74) is 2.32.